The van der Waals surface area contributed by atoms with Gasteiger partial charge in [0.2, 0.25) is 0 Å². The molecular formula is C53H39NO2. The number of fused-ring (bicyclic) bond motifs is 6. The van der Waals surface area contributed by atoms with Gasteiger partial charge in [0.05, 0.1) is 0 Å². The average molecular weight is 722 g/mol. The molecule has 0 saturated heterocycles. The van der Waals surface area contributed by atoms with E-state index in [9.17, 15) is 0 Å². The van der Waals surface area contributed by atoms with E-state index in [1.807, 2.05) is 24.3 Å². The van der Waals surface area contributed by atoms with Crippen molar-refractivity contribution >= 4 is 60.9 Å². The highest BCUT2D eigenvalue weighted by Crippen LogP contribution is 2.42. The second-order valence-electron chi connectivity index (χ2n) is 15.1. The molecule has 11 rings (SSSR count). The normalized spacial score (nSPS) is 13.4. The van der Waals surface area contributed by atoms with E-state index in [-0.39, 0.29) is 0 Å². The minimum atomic E-state index is 0.719. The van der Waals surface area contributed by atoms with Crippen molar-refractivity contribution in [1.82, 2.24) is 0 Å². The molecular weight excluding hydrogens is 683 g/mol. The van der Waals surface area contributed by atoms with Crippen molar-refractivity contribution in [2.75, 3.05) is 4.90 Å². The molecule has 10 aromatic rings. The summed E-state index contributed by atoms with van der Waals surface area (Å²) in [6.45, 7) is 0. The van der Waals surface area contributed by atoms with Gasteiger partial charge in [-0.25, -0.2) is 0 Å². The highest BCUT2D eigenvalue weighted by molar-refractivity contribution is 6.10. The summed E-state index contributed by atoms with van der Waals surface area (Å²) in [4.78, 5) is 2.34. The Kier molecular flexibility index (Phi) is 7.84. The molecule has 56 heavy (non-hydrogen) atoms. The second kappa shape index (κ2) is 13.5. The molecule has 1 fully saturated rings. The standard InChI is InChI=1S/C53H39NO2/c1-2-10-35(9-1)36-19-21-37(22-20-36)38-23-29-41(30-24-38)54(42-31-25-39(26-32-42)44-13-7-15-48-46-11-3-5-17-50(46)55-52(44)48)43-33-27-40(28-34-43)45-14-8-16-49-47-12-4-6-18-51(47)56-53(45)49/h3-8,11-35H,1-2,9-10H2. The molecule has 0 aliphatic heterocycles. The maximum Gasteiger partial charge on any atom is 0.143 e. The molecule has 0 spiro atoms. The molecule has 2 aromatic heterocycles. The van der Waals surface area contributed by atoms with Crippen LogP contribution in [-0.4, -0.2) is 0 Å². The van der Waals surface area contributed by atoms with Crippen LogP contribution >= 0.6 is 0 Å². The Hall–Kier alpha value is -6.84. The third-order valence-electron chi connectivity index (χ3n) is 11.9. The molecule has 0 amide bonds. The summed E-state index contributed by atoms with van der Waals surface area (Å²) in [7, 11) is 0. The van der Waals surface area contributed by atoms with Gasteiger partial charge in [-0.1, -0.05) is 146 Å². The predicted octanol–water partition coefficient (Wildman–Crippen LogP) is 15.6. The number of hydrogen-bond donors (Lipinski definition) is 0. The number of furan rings is 2. The Morgan fingerprint density at radius 1 is 0.357 bits per heavy atom. The maximum atomic E-state index is 6.41. The van der Waals surface area contributed by atoms with Crippen molar-refractivity contribution in [2.24, 2.45) is 0 Å². The first-order valence-electron chi connectivity index (χ1n) is 19.8. The van der Waals surface area contributed by atoms with Gasteiger partial charge in [0, 0.05) is 49.7 Å². The van der Waals surface area contributed by atoms with Crippen LogP contribution in [0.4, 0.5) is 17.1 Å². The number of rotatable bonds is 7. The summed E-state index contributed by atoms with van der Waals surface area (Å²) in [6.07, 6.45) is 5.34. The Morgan fingerprint density at radius 3 is 1.21 bits per heavy atom. The highest BCUT2D eigenvalue weighted by atomic mass is 16.3. The van der Waals surface area contributed by atoms with E-state index < -0.39 is 0 Å². The van der Waals surface area contributed by atoms with Crippen LogP contribution < -0.4 is 4.90 Å². The number of benzene rings is 8. The SMILES string of the molecule is c1ccc2c(c1)oc1c(-c3ccc(N(c4ccc(-c5ccc(C6CCCC6)cc5)cc4)c4ccc(-c5cccc6c5oc5ccccc56)cc4)cc3)cccc12. The largest absolute Gasteiger partial charge is 0.455 e. The Bertz CT molecular complexity index is 2840. The zero-order valence-electron chi connectivity index (χ0n) is 31.0. The molecule has 268 valence electrons. The van der Waals surface area contributed by atoms with Crippen molar-refractivity contribution in [1.29, 1.82) is 0 Å². The van der Waals surface area contributed by atoms with Crippen molar-refractivity contribution in [2.45, 2.75) is 31.6 Å². The summed E-state index contributed by atoms with van der Waals surface area (Å²) in [6, 6.07) is 65.3. The number of hydrogen-bond acceptors (Lipinski definition) is 3. The van der Waals surface area contributed by atoms with E-state index in [0.29, 0.717) is 0 Å². The zero-order chi connectivity index (χ0) is 37.0. The number of anilines is 3. The molecule has 3 heteroatoms. The van der Waals surface area contributed by atoms with Gasteiger partial charge in [0.15, 0.2) is 0 Å². The van der Waals surface area contributed by atoms with Gasteiger partial charge in [0.25, 0.3) is 0 Å². The van der Waals surface area contributed by atoms with Crippen LogP contribution in [0.15, 0.2) is 191 Å². The van der Waals surface area contributed by atoms with E-state index in [4.69, 9.17) is 8.83 Å². The first-order valence-corrected chi connectivity index (χ1v) is 19.8. The van der Waals surface area contributed by atoms with Gasteiger partial charge in [0.1, 0.15) is 22.3 Å². The summed E-state index contributed by atoms with van der Waals surface area (Å²) >= 11 is 0. The Labute approximate surface area is 326 Å². The van der Waals surface area contributed by atoms with Gasteiger partial charge < -0.3 is 13.7 Å². The quantitative estimate of drug-likeness (QED) is 0.164. The fraction of sp³-hybridized carbons (Fsp3) is 0.0943. The third kappa shape index (κ3) is 5.58. The van der Waals surface area contributed by atoms with Crippen LogP contribution in [0, 0.1) is 0 Å². The van der Waals surface area contributed by atoms with Crippen LogP contribution in [0.25, 0.3) is 77.3 Å². The van der Waals surface area contributed by atoms with Gasteiger partial charge in [-0.3, -0.25) is 0 Å². The predicted molar refractivity (Wildman–Crippen MR) is 233 cm³/mol. The monoisotopic (exact) mass is 721 g/mol. The van der Waals surface area contributed by atoms with Crippen LogP contribution in [-0.2, 0) is 0 Å². The van der Waals surface area contributed by atoms with Crippen LogP contribution in [0.5, 0.6) is 0 Å². The van der Waals surface area contributed by atoms with E-state index in [1.165, 1.54) is 42.4 Å². The lowest BCUT2D eigenvalue weighted by atomic mass is 9.95. The lowest BCUT2D eigenvalue weighted by molar-refractivity contribution is 0.669. The molecule has 0 unspecified atom stereocenters. The third-order valence-corrected chi connectivity index (χ3v) is 11.9. The van der Waals surface area contributed by atoms with E-state index >= 15 is 0 Å². The second-order valence-corrected chi connectivity index (χ2v) is 15.1. The van der Waals surface area contributed by atoms with Crippen molar-refractivity contribution in [3.05, 3.63) is 188 Å². The molecule has 1 aliphatic carbocycles. The minimum Gasteiger partial charge on any atom is -0.455 e. The first-order chi connectivity index (χ1) is 27.7. The highest BCUT2D eigenvalue weighted by Gasteiger charge is 2.19. The van der Waals surface area contributed by atoms with Crippen LogP contribution in [0.3, 0.4) is 0 Å². The number of nitrogens with zero attached hydrogens (tertiary/aromatic N) is 1. The molecule has 2 heterocycles. The lowest BCUT2D eigenvalue weighted by Crippen LogP contribution is -2.09. The molecule has 1 aliphatic rings. The van der Waals surface area contributed by atoms with Crippen LogP contribution in [0.1, 0.15) is 37.2 Å². The van der Waals surface area contributed by atoms with E-state index in [0.717, 1.165) is 89.1 Å². The van der Waals surface area contributed by atoms with Gasteiger partial charge in [-0.15, -0.1) is 0 Å². The zero-order valence-corrected chi connectivity index (χ0v) is 31.0. The molecule has 8 aromatic carbocycles. The maximum absolute atomic E-state index is 6.41. The molecule has 0 N–H and O–H groups in total. The number of para-hydroxylation sites is 4. The molecule has 0 radical (unpaired) electrons. The molecule has 0 bridgehead atoms. The first kappa shape index (κ1) is 32.6. The van der Waals surface area contributed by atoms with Gasteiger partial charge in [-0.2, -0.15) is 0 Å². The Morgan fingerprint density at radius 2 is 0.750 bits per heavy atom. The van der Waals surface area contributed by atoms with Crippen molar-refractivity contribution in [3.63, 3.8) is 0 Å². The topological polar surface area (TPSA) is 29.5 Å². The fourth-order valence-electron chi connectivity index (χ4n) is 8.99. The summed E-state index contributed by atoms with van der Waals surface area (Å²) < 4.78 is 12.8. The smallest absolute Gasteiger partial charge is 0.143 e. The average Bonchev–Trinajstić information content (AvgIpc) is 4.03. The molecule has 3 nitrogen and oxygen atoms in total. The minimum absolute atomic E-state index is 0.719. The Balaban J connectivity index is 0.970. The van der Waals surface area contributed by atoms with E-state index in [2.05, 4.69) is 163 Å². The van der Waals surface area contributed by atoms with Crippen molar-refractivity contribution in [3.8, 4) is 33.4 Å². The lowest BCUT2D eigenvalue weighted by Gasteiger charge is -2.26. The van der Waals surface area contributed by atoms with Crippen LogP contribution in [0.2, 0.25) is 0 Å². The van der Waals surface area contributed by atoms with E-state index in [1.54, 1.807) is 0 Å². The van der Waals surface area contributed by atoms with Gasteiger partial charge >= 0.3 is 0 Å². The summed E-state index contributed by atoms with van der Waals surface area (Å²) in [5.74, 6) is 0.719. The summed E-state index contributed by atoms with van der Waals surface area (Å²) in [5.41, 5.74) is 15.2. The molecule has 1 saturated carbocycles. The fourth-order valence-corrected chi connectivity index (χ4v) is 8.99. The van der Waals surface area contributed by atoms with Crippen molar-refractivity contribution < 1.29 is 8.83 Å². The van der Waals surface area contributed by atoms with Gasteiger partial charge in [-0.05, 0) is 95.1 Å². The molecule has 0 atom stereocenters. The summed E-state index contributed by atoms with van der Waals surface area (Å²) in [5, 5.41) is 4.55.